The van der Waals surface area contributed by atoms with Crippen molar-refractivity contribution in [3.8, 4) is 0 Å². The molecule has 3 unspecified atom stereocenters. The highest BCUT2D eigenvalue weighted by molar-refractivity contribution is 5.79. The maximum absolute atomic E-state index is 11.8. The highest BCUT2D eigenvalue weighted by Crippen LogP contribution is 2.24. The number of hydrogen-bond donors (Lipinski definition) is 2. The van der Waals surface area contributed by atoms with Crippen molar-refractivity contribution in [2.24, 2.45) is 11.7 Å². The van der Waals surface area contributed by atoms with Crippen LogP contribution in [0.5, 0.6) is 0 Å². The molecule has 1 fully saturated rings. The van der Waals surface area contributed by atoms with Crippen LogP contribution in [0.2, 0.25) is 0 Å². The predicted octanol–water partition coefficient (Wildman–Crippen LogP) is 1.81. The molecule has 3 N–H and O–H groups in total. The van der Waals surface area contributed by atoms with Crippen LogP contribution in [-0.2, 0) is 4.79 Å². The van der Waals surface area contributed by atoms with Gasteiger partial charge in [-0.25, -0.2) is 0 Å². The molecule has 1 amide bonds. The normalized spacial score (nSPS) is 27.7. The molecule has 1 aliphatic rings. The van der Waals surface area contributed by atoms with Gasteiger partial charge in [0.25, 0.3) is 0 Å². The summed E-state index contributed by atoms with van der Waals surface area (Å²) in [7, 11) is 0. The third-order valence-corrected chi connectivity index (χ3v) is 3.22. The largest absolute Gasteiger partial charge is 0.353 e. The van der Waals surface area contributed by atoms with Crippen molar-refractivity contribution in [1.82, 2.24) is 5.32 Å². The highest BCUT2D eigenvalue weighted by Gasteiger charge is 2.28. The number of amides is 1. The zero-order valence-electron chi connectivity index (χ0n) is 9.96. The van der Waals surface area contributed by atoms with Crippen molar-refractivity contribution in [2.75, 3.05) is 0 Å². The van der Waals surface area contributed by atoms with Gasteiger partial charge in [0.2, 0.25) is 5.91 Å². The van der Waals surface area contributed by atoms with Gasteiger partial charge in [0.15, 0.2) is 0 Å². The van der Waals surface area contributed by atoms with Crippen LogP contribution in [0.25, 0.3) is 0 Å². The van der Waals surface area contributed by atoms with Gasteiger partial charge in [-0.1, -0.05) is 19.8 Å². The average molecular weight is 212 g/mol. The van der Waals surface area contributed by atoms with E-state index in [1.54, 1.807) is 0 Å². The number of nitrogens with two attached hydrogens (primary N) is 1. The van der Waals surface area contributed by atoms with Crippen LogP contribution in [-0.4, -0.2) is 18.0 Å². The van der Waals surface area contributed by atoms with Gasteiger partial charge in [0.05, 0.1) is 0 Å². The first kappa shape index (κ1) is 12.5. The van der Waals surface area contributed by atoms with E-state index in [2.05, 4.69) is 19.2 Å². The Bertz CT molecular complexity index is 206. The molecule has 0 bridgehead atoms. The van der Waals surface area contributed by atoms with E-state index in [0.29, 0.717) is 6.04 Å². The van der Waals surface area contributed by atoms with E-state index in [1.807, 2.05) is 0 Å². The van der Waals surface area contributed by atoms with E-state index >= 15 is 0 Å². The summed E-state index contributed by atoms with van der Waals surface area (Å²) in [5.41, 5.74) is 5.79. The minimum Gasteiger partial charge on any atom is -0.353 e. The molecule has 88 valence electrons. The third-order valence-electron chi connectivity index (χ3n) is 3.22. The fourth-order valence-corrected chi connectivity index (χ4v) is 2.20. The standard InChI is InChI=1S/C12H24N2O/c1-3-4-5-9(2)14-12(15)10-6-7-11(13)8-10/h9-11H,3-8,13H2,1-2H3,(H,14,15). The molecule has 0 aromatic carbocycles. The number of carbonyl (C=O) groups is 1. The first-order chi connectivity index (χ1) is 7.13. The quantitative estimate of drug-likeness (QED) is 0.730. The van der Waals surface area contributed by atoms with Gasteiger partial charge >= 0.3 is 0 Å². The monoisotopic (exact) mass is 212 g/mol. The van der Waals surface area contributed by atoms with Gasteiger partial charge in [-0.05, 0) is 32.6 Å². The zero-order valence-corrected chi connectivity index (χ0v) is 9.96. The molecule has 0 saturated heterocycles. The molecule has 0 radical (unpaired) electrons. The summed E-state index contributed by atoms with van der Waals surface area (Å²) in [4.78, 5) is 11.8. The molecule has 3 heteroatoms. The zero-order chi connectivity index (χ0) is 11.3. The molecule has 1 saturated carbocycles. The van der Waals surface area contributed by atoms with Gasteiger partial charge in [-0.3, -0.25) is 4.79 Å². The van der Waals surface area contributed by atoms with Crippen molar-refractivity contribution in [1.29, 1.82) is 0 Å². The van der Waals surface area contributed by atoms with Crippen LogP contribution in [0.1, 0.15) is 52.4 Å². The second-order valence-electron chi connectivity index (χ2n) is 4.82. The van der Waals surface area contributed by atoms with Gasteiger partial charge in [0.1, 0.15) is 0 Å². The highest BCUT2D eigenvalue weighted by atomic mass is 16.1. The van der Waals surface area contributed by atoms with Crippen LogP contribution in [0.4, 0.5) is 0 Å². The van der Waals surface area contributed by atoms with Gasteiger partial charge in [-0.2, -0.15) is 0 Å². The SMILES string of the molecule is CCCCC(C)NC(=O)C1CCC(N)C1. The summed E-state index contributed by atoms with van der Waals surface area (Å²) in [5, 5.41) is 3.08. The fourth-order valence-electron chi connectivity index (χ4n) is 2.20. The molecule has 1 aliphatic carbocycles. The topological polar surface area (TPSA) is 55.1 Å². The van der Waals surface area contributed by atoms with Crippen LogP contribution < -0.4 is 11.1 Å². The second-order valence-corrected chi connectivity index (χ2v) is 4.82. The molecular weight excluding hydrogens is 188 g/mol. The summed E-state index contributed by atoms with van der Waals surface area (Å²) >= 11 is 0. The van der Waals surface area contributed by atoms with E-state index in [4.69, 9.17) is 5.73 Å². The molecule has 3 atom stereocenters. The van der Waals surface area contributed by atoms with Crippen molar-refractivity contribution in [3.05, 3.63) is 0 Å². The van der Waals surface area contributed by atoms with E-state index in [-0.39, 0.29) is 17.9 Å². The van der Waals surface area contributed by atoms with E-state index in [9.17, 15) is 4.79 Å². The Labute approximate surface area is 92.8 Å². The maximum Gasteiger partial charge on any atom is 0.223 e. The molecule has 1 rings (SSSR count). The Morgan fingerprint density at radius 1 is 1.53 bits per heavy atom. The molecule has 0 aromatic heterocycles. The fraction of sp³-hybridized carbons (Fsp3) is 0.917. The molecule has 0 spiro atoms. The number of hydrogen-bond acceptors (Lipinski definition) is 2. The van der Waals surface area contributed by atoms with E-state index < -0.39 is 0 Å². The number of rotatable bonds is 5. The Hall–Kier alpha value is -0.570. The smallest absolute Gasteiger partial charge is 0.223 e. The average Bonchev–Trinajstić information content (AvgIpc) is 2.61. The van der Waals surface area contributed by atoms with Crippen LogP contribution >= 0.6 is 0 Å². The summed E-state index contributed by atoms with van der Waals surface area (Å²) < 4.78 is 0. The van der Waals surface area contributed by atoms with Crippen molar-refractivity contribution >= 4 is 5.91 Å². The lowest BCUT2D eigenvalue weighted by atomic mass is 10.1. The van der Waals surface area contributed by atoms with E-state index in [0.717, 1.165) is 25.7 Å². The van der Waals surface area contributed by atoms with Crippen LogP contribution in [0.15, 0.2) is 0 Å². The lowest BCUT2D eigenvalue weighted by Gasteiger charge is -2.16. The molecular formula is C12H24N2O. The first-order valence-corrected chi connectivity index (χ1v) is 6.19. The lowest BCUT2D eigenvalue weighted by molar-refractivity contribution is -0.125. The first-order valence-electron chi connectivity index (χ1n) is 6.19. The van der Waals surface area contributed by atoms with E-state index in [1.165, 1.54) is 12.8 Å². The summed E-state index contributed by atoms with van der Waals surface area (Å²) in [6, 6.07) is 0.556. The predicted molar refractivity (Wildman–Crippen MR) is 62.4 cm³/mol. The second kappa shape index (κ2) is 6.11. The molecule has 0 aliphatic heterocycles. The Morgan fingerprint density at radius 2 is 2.27 bits per heavy atom. The molecule has 15 heavy (non-hydrogen) atoms. The lowest BCUT2D eigenvalue weighted by Crippen LogP contribution is -2.36. The van der Waals surface area contributed by atoms with Crippen LogP contribution in [0.3, 0.4) is 0 Å². The number of carbonyl (C=O) groups excluding carboxylic acids is 1. The summed E-state index contributed by atoms with van der Waals surface area (Å²) in [6.45, 7) is 4.26. The number of unbranched alkanes of at least 4 members (excludes halogenated alkanes) is 1. The van der Waals surface area contributed by atoms with Crippen LogP contribution in [0, 0.1) is 5.92 Å². The summed E-state index contributed by atoms with van der Waals surface area (Å²) in [5.74, 6) is 0.385. The third kappa shape index (κ3) is 4.20. The Morgan fingerprint density at radius 3 is 2.80 bits per heavy atom. The summed E-state index contributed by atoms with van der Waals surface area (Å²) in [6.07, 6.45) is 6.29. The minimum atomic E-state index is 0.170. The van der Waals surface area contributed by atoms with Gasteiger partial charge in [-0.15, -0.1) is 0 Å². The van der Waals surface area contributed by atoms with Gasteiger partial charge in [0, 0.05) is 18.0 Å². The maximum atomic E-state index is 11.8. The Kier molecular flexibility index (Phi) is 5.09. The minimum absolute atomic E-state index is 0.170. The Balaban J connectivity index is 2.23. The van der Waals surface area contributed by atoms with Crippen molar-refractivity contribution < 1.29 is 4.79 Å². The molecule has 0 heterocycles. The van der Waals surface area contributed by atoms with Crippen molar-refractivity contribution in [2.45, 2.75) is 64.5 Å². The number of nitrogens with one attached hydrogen (secondary N) is 1. The molecule has 3 nitrogen and oxygen atoms in total. The molecule has 0 aromatic rings. The van der Waals surface area contributed by atoms with Gasteiger partial charge < -0.3 is 11.1 Å². The van der Waals surface area contributed by atoms with Crippen molar-refractivity contribution in [3.63, 3.8) is 0 Å².